The molecule has 0 saturated carbocycles. The first-order chi connectivity index (χ1) is 22.7. The van der Waals surface area contributed by atoms with Crippen molar-refractivity contribution in [3.63, 3.8) is 0 Å². The van der Waals surface area contributed by atoms with E-state index in [-0.39, 0.29) is 0 Å². The molecule has 0 aliphatic carbocycles. The molecule has 0 saturated heterocycles. The number of rotatable bonds is 8. The lowest BCUT2D eigenvalue weighted by molar-refractivity contribution is 1.32. The molecule has 3 heteroatoms. The molecule has 0 amide bonds. The SMILES string of the molecule is CNc1cccc(-c2cccc(-c3cc(-c4ccc(-c5ccccc5)cc4)cc(-c4cccc(-c5cccc(NC)c5)c4)n3)c2)c1. The zero-order valence-electron chi connectivity index (χ0n) is 26.0. The third-order valence-corrected chi connectivity index (χ3v) is 8.44. The van der Waals surface area contributed by atoms with E-state index in [0.29, 0.717) is 0 Å². The number of pyridine rings is 1. The number of benzene rings is 6. The fourth-order valence-electron chi connectivity index (χ4n) is 5.90. The van der Waals surface area contributed by atoms with E-state index in [4.69, 9.17) is 4.98 Å². The van der Waals surface area contributed by atoms with Gasteiger partial charge in [0.25, 0.3) is 0 Å². The molecule has 0 aliphatic rings. The Hall–Kier alpha value is -5.93. The highest BCUT2D eigenvalue weighted by Gasteiger charge is 2.12. The molecule has 0 unspecified atom stereocenters. The molecular formula is C43H35N3. The van der Waals surface area contributed by atoms with E-state index >= 15 is 0 Å². The molecule has 1 aromatic heterocycles. The summed E-state index contributed by atoms with van der Waals surface area (Å²) >= 11 is 0. The molecule has 7 rings (SSSR count). The zero-order valence-corrected chi connectivity index (χ0v) is 26.0. The summed E-state index contributed by atoms with van der Waals surface area (Å²) in [5.41, 5.74) is 15.5. The molecule has 0 radical (unpaired) electrons. The number of hydrogen-bond donors (Lipinski definition) is 2. The normalized spacial score (nSPS) is 10.8. The summed E-state index contributed by atoms with van der Waals surface area (Å²) in [6.07, 6.45) is 0. The van der Waals surface area contributed by atoms with Crippen LogP contribution in [0.3, 0.4) is 0 Å². The van der Waals surface area contributed by atoms with Crippen LogP contribution < -0.4 is 10.6 Å². The third-order valence-electron chi connectivity index (χ3n) is 8.44. The third kappa shape index (κ3) is 6.17. The molecular weight excluding hydrogens is 558 g/mol. The molecule has 3 nitrogen and oxygen atoms in total. The molecule has 0 bridgehead atoms. The Morgan fingerprint density at radius 2 is 0.674 bits per heavy atom. The Balaban J connectivity index is 1.34. The van der Waals surface area contributed by atoms with Gasteiger partial charge in [0.2, 0.25) is 0 Å². The second-order valence-electron chi connectivity index (χ2n) is 11.4. The second kappa shape index (κ2) is 13.0. The van der Waals surface area contributed by atoms with Crippen LogP contribution in [0.5, 0.6) is 0 Å². The van der Waals surface area contributed by atoms with Crippen LogP contribution >= 0.6 is 0 Å². The number of aromatic nitrogens is 1. The van der Waals surface area contributed by atoms with Gasteiger partial charge in [-0.05, 0) is 93.0 Å². The summed E-state index contributed by atoms with van der Waals surface area (Å²) in [6.45, 7) is 0. The van der Waals surface area contributed by atoms with Gasteiger partial charge in [-0.15, -0.1) is 0 Å². The first kappa shape index (κ1) is 28.8. The summed E-state index contributed by atoms with van der Waals surface area (Å²) < 4.78 is 0. The summed E-state index contributed by atoms with van der Waals surface area (Å²) in [5.74, 6) is 0. The average molecular weight is 594 g/mol. The fourth-order valence-corrected chi connectivity index (χ4v) is 5.90. The van der Waals surface area contributed by atoms with Crippen LogP contribution in [0.1, 0.15) is 0 Å². The van der Waals surface area contributed by atoms with Gasteiger partial charge in [-0.1, -0.05) is 115 Å². The topological polar surface area (TPSA) is 37.0 Å². The number of hydrogen-bond acceptors (Lipinski definition) is 3. The van der Waals surface area contributed by atoms with Crippen LogP contribution in [0.2, 0.25) is 0 Å². The summed E-state index contributed by atoms with van der Waals surface area (Å²) in [4.78, 5) is 5.28. The van der Waals surface area contributed by atoms with Gasteiger partial charge in [0, 0.05) is 36.6 Å². The largest absolute Gasteiger partial charge is 0.388 e. The molecule has 1 heterocycles. The first-order valence-corrected chi connectivity index (χ1v) is 15.6. The van der Waals surface area contributed by atoms with Gasteiger partial charge in [-0.3, -0.25) is 0 Å². The minimum atomic E-state index is 0.939. The lowest BCUT2D eigenvalue weighted by atomic mass is 9.95. The van der Waals surface area contributed by atoms with E-state index < -0.39 is 0 Å². The Morgan fingerprint density at radius 3 is 1.15 bits per heavy atom. The van der Waals surface area contributed by atoms with Crippen molar-refractivity contribution in [1.82, 2.24) is 4.98 Å². The lowest BCUT2D eigenvalue weighted by Gasteiger charge is -2.13. The Bertz CT molecular complexity index is 2000. The predicted molar refractivity (Wildman–Crippen MR) is 196 cm³/mol. The molecule has 0 atom stereocenters. The number of anilines is 2. The van der Waals surface area contributed by atoms with E-state index in [9.17, 15) is 0 Å². The fraction of sp³-hybridized carbons (Fsp3) is 0.0465. The first-order valence-electron chi connectivity index (χ1n) is 15.6. The van der Waals surface area contributed by atoms with E-state index in [1.54, 1.807) is 0 Å². The Morgan fingerprint density at radius 1 is 0.304 bits per heavy atom. The van der Waals surface area contributed by atoms with Gasteiger partial charge in [0.15, 0.2) is 0 Å². The van der Waals surface area contributed by atoms with Gasteiger partial charge >= 0.3 is 0 Å². The van der Waals surface area contributed by atoms with E-state index in [2.05, 4.69) is 174 Å². The molecule has 0 fully saturated rings. The van der Waals surface area contributed by atoms with E-state index in [1.807, 2.05) is 14.1 Å². The van der Waals surface area contributed by atoms with Gasteiger partial charge in [0.05, 0.1) is 11.4 Å². The van der Waals surface area contributed by atoms with Gasteiger partial charge < -0.3 is 10.6 Å². The quantitative estimate of drug-likeness (QED) is 0.184. The van der Waals surface area contributed by atoms with Crippen molar-refractivity contribution in [2.24, 2.45) is 0 Å². The lowest BCUT2D eigenvalue weighted by Crippen LogP contribution is -1.93. The highest BCUT2D eigenvalue weighted by Crippen LogP contribution is 2.35. The van der Waals surface area contributed by atoms with Crippen LogP contribution in [-0.2, 0) is 0 Å². The number of nitrogens with zero attached hydrogens (tertiary/aromatic N) is 1. The van der Waals surface area contributed by atoms with Crippen LogP contribution in [-0.4, -0.2) is 19.1 Å². The molecule has 222 valence electrons. The Kier molecular flexibility index (Phi) is 8.13. The van der Waals surface area contributed by atoms with Crippen LogP contribution in [0.15, 0.2) is 164 Å². The van der Waals surface area contributed by atoms with Gasteiger partial charge in [-0.25, -0.2) is 4.98 Å². The highest BCUT2D eigenvalue weighted by molar-refractivity contribution is 5.81. The van der Waals surface area contributed by atoms with Crippen LogP contribution in [0.4, 0.5) is 11.4 Å². The smallest absolute Gasteiger partial charge is 0.0715 e. The molecule has 0 aliphatic heterocycles. The standard InChI is InChI=1S/C43H35N3/c1-44-40-18-8-14-35(26-40)33-12-6-16-37(24-33)42-28-39(32-22-20-31(21-23-32)30-10-4-3-5-11-30)29-43(46-42)38-17-7-13-34(25-38)36-15-9-19-41(27-36)45-2/h3-29,44-45H,1-2H3. The van der Waals surface area contributed by atoms with Crippen molar-refractivity contribution in [2.75, 3.05) is 24.7 Å². The van der Waals surface area contributed by atoms with Crippen molar-refractivity contribution in [3.8, 4) is 67.0 Å². The molecule has 2 N–H and O–H groups in total. The summed E-state index contributed by atoms with van der Waals surface area (Å²) in [6, 6.07) is 58.1. The van der Waals surface area contributed by atoms with Gasteiger partial charge in [-0.2, -0.15) is 0 Å². The monoisotopic (exact) mass is 593 g/mol. The number of nitrogens with one attached hydrogen (secondary N) is 2. The van der Waals surface area contributed by atoms with Crippen molar-refractivity contribution in [2.45, 2.75) is 0 Å². The summed E-state index contributed by atoms with van der Waals surface area (Å²) in [7, 11) is 3.90. The van der Waals surface area contributed by atoms with E-state index in [0.717, 1.165) is 67.3 Å². The van der Waals surface area contributed by atoms with Crippen molar-refractivity contribution in [1.29, 1.82) is 0 Å². The molecule has 0 spiro atoms. The average Bonchev–Trinajstić information content (AvgIpc) is 3.15. The van der Waals surface area contributed by atoms with E-state index in [1.165, 1.54) is 11.1 Å². The zero-order chi connectivity index (χ0) is 31.3. The second-order valence-corrected chi connectivity index (χ2v) is 11.4. The maximum absolute atomic E-state index is 5.28. The van der Waals surface area contributed by atoms with Crippen LogP contribution in [0, 0.1) is 0 Å². The Labute approximate surface area is 271 Å². The predicted octanol–water partition coefficient (Wildman–Crippen LogP) is 11.2. The van der Waals surface area contributed by atoms with Crippen molar-refractivity contribution >= 4 is 11.4 Å². The summed E-state index contributed by atoms with van der Waals surface area (Å²) in [5, 5.41) is 6.51. The van der Waals surface area contributed by atoms with Crippen molar-refractivity contribution < 1.29 is 0 Å². The molecule has 46 heavy (non-hydrogen) atoms. The molecule has 7 aromatic rings. The minimum absolute atomic E-state index is 0.939. The van der Waals surface area contributed by atoms with Crippen LogP contribution in [0.25, 0.3) is 67.0 Å². The maximum Gasteiger partial charge on any atom is 0.0715 e. The maximum atomic E-state index is 5.28. The molecule has 6 aromatic carbocycles. The van der Waals surface area contributed by atoms with Gasteiger partial charge in [0.1, 0.15) is 0 Å². The minimum Gasteiger partial charge on any atom is -0.388 e. The highest BCUT2D eigenvalue weighted by atomic mass is 14.8. The van der Waals surface area contributed by atoms with Crippen molar-refractivity contribution in [3.05, 3.63) is 164 Å².